The number of benzene rings is 2. The van der Waals surface area contributed by atoms with Crippen LogP contribution in [-0.2, 0) is 19.3 Å². The van der Waals surface area contributed by atoms with Gasteiger partial charge in [-0.25, -0.2) is 0 Å². The van der Waals surface area contributed by atoms with Crippen molar-refractivity contribution in [1.82, 2.24) is 15.2 Å². The fourth-order valence-electron chi connectivity index (χ4n) is 5.19. The van der Waals surface area contributed by atoms with Gasteiger partial charge in [0, 0.05) is 29.7 Å². The number of halogens is 1. The minimum atomic E-state index is -0.0148. The van der Waals surface area contributed by atoms with Gasteiger partial charge in [0.15, 0.2) is 0 Å². The van der Waals surface area contributed by atoms with Crippen LogP contribution in [0.4, 0.5) is 0 Å². The van der Waals surface area contributed by atoms with Gasteiger partial charge < -0.3 is 10.2 Å². The summed E-state index contributed by atoms with van der Waals surface area (Å²) in [5, 5.41) is 4.94. The van der Waals surface area contributed by atoms with Gasteiger partial charge in [0.1, 0.15) is 0 Å². The van der Waals surface area contributed by atoms with Crippen LogP contribution in [-0.4, -0.2) is 42.0 Å². The lowest BCUT2D eigenvalue weighted by Gasteiger charge is -2.32. The molecule has 33 heavy (non-hydrogen) atoms. The van der Waals surface area contributed by atoms with E-state index in [1.807, 2.05) is 18.2 Å². The number of aryl methyl sites for hydroxylation is 1. The van der Waals surface area contributed by atoms with Crippen molar-refractivity contribution in [2.24, 2.45) is 5.92 Å². The quantitative estimate of drug-likeness (QED) is 0.530. The van der Waals surface area contributed by atoms with Crippen LogP contribution in [0.5, 0.6) is 0 Å². The molecule has 0 unspecified atom stereocenters. The third-order valence-electron chi connectivity index (χ3n) is 7.27. The number of hydrogen-bond acceptors (Lipinski definition) is 3. The predicted octanol–water partition coefficient (Wildman–Crippen LogP) is 5.45. The van der Waals surface area contributed by atoms with Crippen molar-refractivity contribution in [3.8, 4) is 0 Å². The van der Waals surface area contributed by atoms with Crippen LogP contribution in [0.3, 0.4) is 0 Å². The average molecular weight is 462 g/mol. The van der Waals surface area contributed by atoms with Gasteiger partial charge in [-0.3, -0.25) is 9.78 Å². The molecule has 1 aromatic heterocycles. The Morgan fingerprint density at radius 1 is 1.06 bits per heavy atom. The van der Waals surface area contributed by atoms with Gasteiger partial charge in [0.2, 0.25) is 0 Å². The zero-order valence-electron chi connectivity index (χ0n) is 19.2. The molecule has 172 valence electrons. The first-order chi connectivity index (χ1) is 16.2. The van der Waals surface area contributed by atoms with Gasteiger partial charge in [-0.05, 0) is 87.2 Å². The Hall–Kier alpha value is -2.43. The summed E-state index contributed by atoms with van der Waals surface area (Å²) in [6.07, 6.45) is 7.69. The molecular weight excluding hydrogens is 430 g/mol. The Morgan fingerprint density at radius 2 is 1.85 bits per heavy atom. The molecule has 1 saturated heterocycles. The van der Waals surface area contributed by atoms with E-state index >= 15 is 0 Å². The number of nitrogens with one attached hydrogen (secondary N) is 1. The first-order valence-corrected chi connectivity index (χ1v) is 12.7. The molecule has 0 radical (unpaired) electrons. The summed E-state index contributed by atoms with van der Waals surface area (Å²) in [6.45, 7) is 4.06. The van der Waals surface area contributed by atoms with Crippen molar-refractivity contribution in [2.45, 2.75) is 44.9 Å². The van der Waals surface area contributed by atoms with E-state index in [0.29, 0.717) is 11.5 Å². The molecule has 4 nitrogen and oxygen atoms in total. The second kappa shape index (κ2) is 10.2. The molecule has 2 aromatic carbocycles. The van der Waals surface area contributed by atoms with Gasteiger partial charge >= 0.3 is 0 Å². The van der Waals surface area contributed by atoms with Crippen LogP contribution >= 0.6 is 11.6 Å². The van der Waals surface area contributed by atoms with Crippen molar-refractivity contribution < 1.29 is 4.79 Å². The Kier molecular flexibility index (Phi) is 6.93. The van der Waals surface area contributed by atoms with Gasteiger partial charge in [-0.15, -0.1) is 0 Å². The van der Waals surface area contributed by atoms with Crippen molar-refractivity contribution in [2.75, 3.05) is 26.2 Å². The molecule has 5 heteroatoms. The summed E-state index contributed by atoms with van der Waals surface area (Å²) in [4.78, 5) is 20.2. The maximum absolute atomic E-state index is 12.8. The number of rotatable bonds is 6. The number of likely N-dealkylation sites (tertiary alicyclic amines) is 1. The molecule has 1 N–H and O–H groups in total. The van der Waals surface area contributed by atoms with E-state index in [1.54, 1.807) is 0 Å². The van der Waals surface area contributed by atoms with Crippen LogP contribution in [0.15, 0.2) is 48.5 Å². The predicted molar refractivity (Wildman–Crippen MR) is 135 cm³/mol. The van der Waals surface area contributed by atoms with E-state index in [0.717, 1.165) is 86.3 Å². The largest absolute Gasteiger partial charge is 0.352 e. The number of nitrogens with zero attached hydrogens (tertiary/aromatic N) is 2. The smallest absolute Gasteiger partial charge is 0.251 e. The highest BCUT2D eigenvalue weighted by Gasteiger charge is 2.21. The zero-order valence-corrected chi connectivity index (χ0v) is 19.9. The maximum Gasteiger partial charge on any atom is 0.251 e. The number of amides is 1. The highest BCUT2D eigenvalue weighted by Crippen LogP contribution is 2.33. The minimum absolute atomic E-state index is 0.0148. The third-order valence-corrected chi connectivity index (χ3v) is 7.71. The molecule has 3 aromatic rings. The van der Waals surface area contributed by atoms with Gasteiger partial charge in [-0.1, -0.05) is 48.0 Å². The number of pyridine rings is 1. The number of carbonyl (C=O) groups excluding carboxylic acids is 1. The SMILES string of the molecule is O=C(NCC1CCN(CCc2ccccc2)CC1)c1ccc2c(Cl)c3c(nc2c1)CCCC3. The third kappa shape index (κ3) is 5.23. The fraction of sp³-hybridized carbons (Fsp3) is 0.429. The van der Waals surface area contributed by atoms with Gasteiger partial charge in [0.05, 0.1) is 10.5 Å². The standard InChI is InChI=1S/C28H32ClN3O/c29-27-23-8-4-5-9-25(23)31-26-18-22(10-11-24(26)27)28(33)30-19-21-13-16-32(17-14-21)15-12-20-6-2-1-3-7-20/h1-3,6-7,10-11,18,21H,4-5,8-9,12-17,19H2,(H,30,33). The normalized spacial score (nSPS) is 17.1. The lowest BCUT2D eigenvalue weighted by Crippen LogP contribution is -2.39. The van der Waals surface area contributed by atoms with Crippen LogP contribution in [0, 0.1) is 5.92 Å². The Morgan fingerprint density at radius 3 is 2.67 bits per heavy atom. The average Bonchev–Trinajstić information content (AvgIpc) is 2.87. The Balaban J connectivity index is 1.14. The molecule has 1 aliphatic heterocycles. The highest BCUT2D eigenvalue weighted by atomic mass is 35.5. The fourth-order valence-corrected chi connectivity index (χ4v) is 5.56. The highest BCUT2D eigenvalue weighted by molar-refractivity contribution is 6.36. The second-order valence-electron chi connectivity index (χ2n) is 9.52. The van der Waals surface area contributed by atoms with Crippen LogP contribution in [0.25, 0.3) is 10.9 Å². The minimum Gasteiger partial charge on any atom is -0.352 e. The molecule has 1 amide bonds. The molecule has 5 rings (SSSR count). The summed E-state index contributed by atoms with van der Waals surface area (Å²) >= 11 is 6.68. The molecular formula is C28H32ClN3O. The van der Waals surface area contributed by atoms with Crippen LogP contribution in [0.1, 0.15) is 52.9 Å². The number of fused-ring (bicyclic) bond motifs is 2. The van der Waals surface area contributed by atoms with E-state index < -0.39 is 0 Å². The van der Waals surface area contributed by atoms with Gasteiger partial charge in [0.25, 0.3) is 5.91 Å². The molecule has 0 atom stereocenters. The number of hydrogen-bond donors (Lipinski definition) is 1. The Bertz CT molecular complexity index is 1120. The molecule has 1 fully saturated rings. The molecule has 0 spiro atoms. The summed E-state index contributed by atoms with van der Waals surface area (Å²) in [6, 6.07) is 16.4. The molecule has 2 heterocycles. The number of aromatic nitrogens is 1. The van der Waals surface area contributed by atoms with E-state index in [2.05, 4.69) is 40.5 Å². The van der Waals surface area contributed by atoms with E-state index in [-0.39, 0.29) is 5.91 Å². The molecule has 2 aliphatic rings. The van der Waals surface area contributed by atoms with Crippen molar-refractivity contribution >= 4 is 28.4 Å². The zero-order chi connectivity index (χ0) is 22.6. The van der Waals surface area contributed by atoms with Crippen LogP contribution in [0.2, 0.25) is 5.02 Å². The molecule has 0 saturated carbocycles. The van der Waals surface area contributed by atoms with E-state index in [1.165, 1.54) is 17.5 Å². The lowest BCUT2D eigenvalue weighted by molar-refractivity contribution is 0.0936. The molecule has 0 bridgehead atoms. The van der Waals surface area contributed by atoms with Crippen molar-refractivity contribution in [3.63, 3.8) is 0 Å². The second-order valence-corrected chi connectivity index (χ2v) is 9.90. The summed E-state index contributed by atoms with van der Waals surface area (Å²) < 4.78 is 0. The molecule has 1 aliphatic carbocycles. The topological polar surface area (TPSA) is 45.2 Å². The monoisotopic (exact) mass is 461 g/mol. The summed E-state index contributed by atoms with van der Waals surface area (Å²) in [5.41, 5.74) is 5.21. The van der Waals surface area contributed by atoms with Crippen molar-refractivity contribution in [1.29, 1.82) is 0 Å². The Labute approximate surface area is 201 Å². The number of carbonyl (C=O) groups is 1. The van der Waals surface area contributed by atoms with E-state index in [4.69, 9.17) is 16.6 Å². The first kappa shape index (κ1) is 22.4. The lowest BCUT2D eigenvalue weighted by atomic mass is 9.94. The van der Waals surface area contributed by atoms with Gasteiger partial charge in [-0.2, -0.15) is 0 Å². The van der Waals surface area contributed by atoms with E-state index in [9.17, 15) is 4.79 Å². The van der Waals surface area contributed by atoms with Crippen molar-refractivity contribution in [3.05, 3.63) is 75.9 Å². The number of piperidine rings is 1. The summed E-state index contributed by atoms with van der Waals surface area (Å²) in [5.74, 6) is 0.529. The maximum atomic E-state index is 12.8. The summed E-state index contributed by atoms with van der Waals surface area (Å²) in [7, 11) is 0. The first-order valence-electron chi connectivity index (χ1n) is 12.3. The van der Waals surface area contributed by atoms with Crippen LogP contribution < -0.4 is 5.32 Å².